The number of hydrogen-bond acceptors (Lipinski definition) is 2. The van der Waals surface area contributed by atoms with Crippen LogP contribution in [0.5, 0.6) is 0 Å². The Morgan fingerprint density at radius 2 is 1.65 bits per heavy atom. The molecular formula is C18H26N2. The van der Waals surface area contributed by atoms with Gasteiger partial charge in [0.05, 0.1) is 6.07 Å². The average molecular weight is 270 g/mol. The first kappa shape index (κ1) is 15.1. The van der Waals surface area contributed by atoms with Crippen LogP contribution in [0, 0.1) is 11.3 Å². The van der Waals surface area contributed by atoms with Crippen LogP contribution in [-0.2, 0) is 5.41 Å². The van der Waals surface area contributed by atoms with Gasteiger partial charge in [-0.1, -0.05) is 52.0 Å². The summed E-state index contributed by atoms with van der Waals surface area (Å²) in [6.45, 7) is 11.0. The van der Waals surface area contributed by atoms with Gasteiger partial charge in [-0.3, -0.25) is 4.90 Å². The molecule has 108 valence electrons. The molecule has 1 fully saturated rings. The van der Waals surface area contributed by atoms with E-state index in [0.717, 1.165) is 13.1 Å². The number of hydrogen-bond donors (Lipinski definition) is 0. The molecule has 0 aromatic heterocycles. The minimum absolute atomic E-state index is 0.0120. The lowest BCUT2D eigenvalue weighted by Crippen LogP contribution is -2.35. The Morgan fingerprint density at radius 1 is 1.10 bits per heavy atom. The molecule has 1 heterocycles. The summed E-state index contributed by atoms with van der Waals surface area (Å²) >= 11 is 0. The maximum absolute atomic E-state index is 9.51. The molecule has 2 nitrogen and oxygen atoms in total. The molecule has 1 aliphatic heterocycles. The van der Waals surface area contributed by atoms with Crippen LogP contribution in [0.15, 0.2) is 24.3 Å². The van der Waals surface area contributed by atoms with Crippen molar-refractivity contribution in [3.8, 4) is 6.07 Å². The molecule has 1 saturated heterocycles. The fraction of sp³-hybridized carbons (Fsp3) is 0.611. The molecule has 0 amide bonds. The van der Waals surface area contributed by atoms with E-state index < -0.39 is 0 Å². The summed E-state index contributed by atoms with van der Waals surface area (Å²) in [5.41, 5.74) is 2.81. The van der Waals surface area contributed by atoms with Crippen LogP contribution >= 0.6 is 0 Å². The summed E-state index contributed by atoms with van der Waals surface area (Å²) in [6.07, 6.45) is 2.46. The Bertz CT molecular complexity index is 470. The van der Waals surface area contributed by atoms with Gasteiger partial charge in [-0.2, -0.15) is 5.26 Å². The van der Waals surface area contributed by atoms with Crippen LogP contribution in [0.1, 0.15) is 57.6 Å². The quantitative estimate of drug-likeness (QED) is 0.827. The maximum Gasteiger partial charge on any atom is 0.104 e. The van der Waals surface area contributed by atoms with Crippen LogP contribution in [-0.4, -0.2) is 24.0 Å². The predicted molar refractivity (Wildman–Crippen MR) is 83.8 cm³/mol. The lowest BCUT2D eigenvalue weighted by atomic mass is 9.85. The zero-order valence-electron chi connectivity index (χ0n) is 13.2. The summed E-state index contributed by atoms with van der Waals surface area (Å²) in [6, 6.07) is 11.4. The molecule has 0 spiro atoms. The Labute approximate surface area is 123 Å². The summed E-state index contributed by atoms with van der Waals surface area (Å²) in [5, 5.41) is 9.51. The summed E-state index contributed by atoms with van der Waals surface area (Å²) in [7, 11) is 0. The van der Waals surface area contributed by atoms with E-state index in [1.807, 2.05) is 0 Å². The van der Waals surface area contributed by atoms with Crippen molar-refractivity contribution >= 4 is 0 Å². The second kappa shape index (κ2) is 5.97. The molecule has 1 aromatic rings. The van der Waals surface area contributed by atoms with Gasteiger partial charge in [0.1, 0.15) is 6.04 Å². The first-order chi connectivity index (χ1) is 9.43. The van der Waals surface area contributed by atoms with Gasteiger partial charge in [-0.25, -0.2) is 0 Å². The summed E-state index contributed by atoms with van der Waals surface area (Å²) in [5.74, 6) is 0.270. The molecule has 1 aromatic carbocycles. The molecule has 0 N–H and O–H groups in total. The van der Waals surface area contributed by atoms with E-state index in [9.17, 15) is 5.26 Å². The standard InChI is InChI=1S/C18H26N2/c1-14(17(13-19)20-11-5-6-12-20)15-7-9-16(10-8-15)18(2,3)4/h7-10,14,17H,5-6,11-12H2,1-4H3. The second-order valence-corrected chi connectivity index (χ2v) is 6.98. The normalized spacial score (nSPS) is 19.6. The highest BCUT2D eigenvalue weighted by molar-refractivity contribution is 5.31. The van der Waals surface area contributed by atoms with E-state index in [0.29, 0.717) is 0 Å². The number of nitrogens with zero attached hydrogens (tertiary/aromatic N) is 2. The van der Waals surface area contributed by atoms with Crippen LogP contribution in [0.2, 0.25) is 0 Å². The molecule has 0 saturated carbocycles. The van der Waals surface area contributed by atoms with Crippen molar-refractivity contribution in [1.29, 1.82) is 5.26 Å². The van der Waals surface area contributed by atoms with Crippen molar-refractivity contribution in [3.63, 3.8) is 0 Å². The fourth-order valence-corrected chi connectivity index (χ4v) is 3.00. The zero-order valence-corrected chi connectivity index (χ0v) is 13.2. The number of rotatable bonds is 3. The third-order valence-corrected chi connectivity index (χ3v) is 4.44. The maximum atomic E-state index is 9.51. The van der Waals surface area contributed by atoms with Crippen molar-refractivity contribution in [2.45, 2.75) is 57.9 Å². The Hall–Kier alpha value is -1.33. The SMILES string of the molecule is CC(c1ccc(C(C)(C)C)cc1)C(C#N)N1CCCC1. The molecule has 2 rings (SSSR count). The summed E-state index contributed by atoms with van der Waals surface area (Å²) in [4.78, 5) is 2.34. The van der Waals surface area contributed by atoms with Gasteiger partial charge in [-0.05, 0) is 42.5 Å². The Balaban J connectivity index is 2.15. The van der Waals surface area contributed by atoms with Gasteiger partial charge >= 0.3 is 0 Å². The van der Waals surface area contributed by atoms with Gasteiger partial charge in [0.25, 0.3) is 0 Å². The molecular weight excluding hydrogens is 244 g/mol. The van der Waals surface area contributed by atoms with E-state index >= 15 is 0 Å². The lowest BCUT2D eigenvalue weighted by Gasteiger charge is -2.27. The van der Waals surface area contributed by atoms with E-state index in [2.05, 4.69) is 62.9 Å². The summed E-state index contributed by atoms with van der Waals surface area (Å²) < 4.78 is 0. The van der Waals surface area contributed by atoms with Gasteiger partial charge in [0.15, 0.2) is 0 Å². The third-order valence-electron chi connectivity index (χ3n) is 4.44. The molecule has 0 aliphatic carbocycles. The van der Waals surface area contributed by atoms with Gasteiger partial charge in [0.2, 0.25) is 0 Å². The fourth-order valence-electron chi connectivity index (χ4n) is 3.00. The minimum atomic E-state index is 0.0120. The lowest BCUT2D eigenvalue weighted by molar-refractivity contribution is 0.263. The molecule has 0 bridgehead atoms. The first-order valence-electron chi connectivity index (χ1n) is 7.67. The molecule has 2 atom stereocenters. The van der Waals surface area contributed by atoms with Gasteiger partial charge in [0, 0.05) is 5.92 Å². The first-order valence-corrected chi connectivity index (χ1v) is 7.67. The number of benzene rings is 1. The zero-order chi connectivity index (χ0) is 14.8. The van der Waals surface area contributed by atoms with Gasteiger partial charge in [-0.15, -0.1) is 0 Å². The van der Waals surface area contributed by atoms with E-state index in [4.69, 9.17) is 0 Å². The van der Waals surface area contributed by atoms with E-state index in [-0.39, 0.29) is 17.4 Å². The number of likely N-dealkylation sites (tertiary alicyclic amines) is 1. The van der Waals surface area contributed by atoms with Crippen LogP contribution in [0.3, 0.4) is 0 Å². The second-order valence-electron chi connectivity index (χ2n) is 6.98. The van der Waals surface area contributed by atoms with Crippen LogP contribution in [0.25, 0.3) is 0 Å². The smallest absolute Gasteiger partial charge is 0.104 e. The number of nitriles is 1. The van der Waals surface area contributed by atoms with Crippen molar-refractivity contribution in [3.05, 3.63) is 35.4 Å². The molecule has 0 radical (unpaired) electrons. The highest BCUT2D eigenvalue weighted by atomic mass is 15.2. The minimum Gasteiger partial charge on any atom is -0.288 e. The van der Waals surface area contributed by atoms with Crippen molar-refractivity contribution in [1.82, 2.24) is 4.90 Å². The van der Waals surface area contributed by atoms with Crippen molar-refractivity contribution < 1.29 is 0 Å². The molecule has 2 unspecified atom stereocenters. The van der Waals surface area contributed by atoms with Crippen molar-refractivity contribution in [2.24, 2.45) is 0 Å². The highest BCUT2D eigenvalue weighted by Crippen LogP contribution is 2.28. The van der Waals surface area contributed by atoms with Crippen molar-refractivity contribution in [2.75, 3.05) is 13.1 Å². The third kappa shape index (κ3) is 3.22. The van der Waals surface area contributed by atoms with E-state index in [1.54, 1.807) is 0 Å². The highest BCUT2D eigenvalue weighted by Gasteiger charge is 2.27. The van der Waals surface area contributed by atoms with Crippen LogP contribution < -0.4 is 0 Å². The van der Waals surface area contributed by atoms with E-state index in [1.165, 1.54) is 24.0 Å². The molecule has 1 aliphatic rings. The monoisotopic (exact) mass is 270 g/mol. The Morgan fingerprint density at radius 3 is 2.10 bits per heavy atom. The largest absolute Gasteiger partial charge is 0.288 e. The molecule has 20 heavy (non-hydrogen) atoms. The van der Waals surface area contributed by atoms with Gasteiger partial charge < -0.3 is 0 Å². The van der Waals surface area contributed by atoms with Crippen LogP contribution in [0.4, 0.5) is 0 Å². The predicted octanol–water partition coefficient (Wildman–Crippen LogP) is 4.08. The average Bonchev–Trinajstić information content (AvgIpc) is 2.92. The molecule has 2 heteroatoms. The topological polar surface area (TPSA) is 27.0 Å². The Kier molecular flexibility index (Phi) is 4.50.